The van der Waals surface area contributed by atoms with E-state index in [4.69, 9.17) is 9.47 Å². The smallest absolute Gasteiger partial charge is 0.122 e. The minimum Gasteiger partial charge on any atom is -0.494 e. The minimum atomic E-state index is 0.444. The van der Waals surface area contributed by atoms with Crippen LogP contribution in [-0.2, 0) is 11.2 Å². The molecule has 1 aliphatic heterocycles. The molecule has 2 rings (SSSR count). The number of hydrogen-bond donors (Lipinski definition) is 0. The third-order valence-corrected chi connectivity index (χ3v) is 4.35. The van der Waals surface area contributed by atoms with Gasteiger partial charge in [0.2, 0.25) is 0 Å². The van der Waals surface area contributed by atoms with Crippen molar-refractivity contribution in [2.45, 2.75) is 60.2 Å². The number of ether oxygens (including phenoxy) is 2. The predicted octanol–water partition coefficient (Wildman–Crippen LogP) is 3.98. The predicted molar refractivity (Wildman–Crippen MR) is 79.0 cm³/mol. The molecule has 0 bridgehead atoms. The molecular weight excluding hydrogens is 236 g/mol. The zero-order chi connectivity index (χ0) is 14.2. The molecule has 0 saturated carbocycles. The van der Waals surface area contributed by atoms with E-state index in [1.165, 1.54) is 22.3 Å². The molecule has 0 aromatic heterocycles. The van der Waals surface area contributed by atoms with Crippen LogP contribution in [0.1, 0.15) is 43.0 Å². The third kappa shape index (κ3) is 2.94. The maximum absolute atomic E-state index is 5.71. The minimum absolute atomic E-state index is 0.444. The van der Waals surface area contributed by atoms with Crippen LogP contribution in [0.15, 0.2) is 6.07 Å². The highest BCUT2D eigenvalue weighted by atomic mass is 16.6. The van der Waals surface area contributed by atoms with Crippen molar-refractivity contribution in [2.24, 2.45) is 5.92 Å². The molecule has 0 amide bonds. The van der Waals surface area contributed by atoms with Gasteiger partial charge in [0, 0.05) is 0 Å². The number of epoxide rings is 1. The first-order chi connectivity index (χ1) is 8.95. The molecule has 106 valence electrons. The summed E-state index contributed by atoms with van der Waals surface area (Å²) in [5, 5.41) is 0. The lowest BCUT2D eigenvalue weighted by Gasteiger charge is -2.19. The van der Waals surface area contributed by atoms with E-state index in [0.717, 1.165) is 18.8 Å². The summed E-state index contributed by atoms with van der Waals surface area (Å²) >= 11 is 0. The highest BCUT2D eigenvalue weighted by Gasteiger charge is 2.39. The molecule has 19 heavy (non-hydrogen) atoms. The molecule has 1 fully saturated rings. The quantitative estimate of drug-likeness (QED) is 0.749. The lowest BCUT2D eigenvalue weighted by molar-refractivity contribution is 0.327. The van der Waals surface area contributed by atoms with Gasteiger partial charge < -0.3 is 9.47 Å². The van der Waals surface area contributed by atoms with Crippen LogP contribution in [0.4, 0.5) is 0 Å². The zero-order valence-electron chi connectivity index (χ0n) is 13.0. The molecule has 0 aliphatic carbocycles. The zero-order valence-corrected chi connectivity index (χ0v) is 13.0. The SMILES string of the molecule is CCOc1cc(C)c(CC(C)C2OC2C)c(C)c1C. The van der Waals surface area contributed by atoms with Crippen molar-refractivity contribution < 1.29 is 9.47 Å². The number of hydrogen-bond acceptors (Lipinski definition) is 2. The van der Waals surface area contributed by atoms with Crippen LogP contribution in [0.2, 0.25) is 0 Å². The molecule has 1 aliphatic rings. The van der Waals surface area contributed by atoms with Gasteiger partial charge in [0.15, 0.2) is 0 Å². The second-order valence-corrected chi connectivity index (χ2v) is 5.84. The summed E-state index contributed by atoms with van der Waals surface area (Å²) in [6.07, 6.45) is 1.99. The van der Waals surface area contributed by atoms with Gasteiger partial charge in [-0.25, -0.2) is 0 Å². The average molecular weight is 262 g/mol. The van der Waals surface area contributed by atoms with Crippen LogP contribution < -0.4 is 4.74 Å². The summed E-state index contributed by atoms with van der Waals surface area (Å²) < 4.78 is 11.3. The molecule has 1 heterocycles. The van der Waals surface area contributed by atoms with Gasteiger partial charge in [-0.1, -0.05) is 6.92 Å². The molecule has 3 unspecified atom stereocenters. The summed E-state index contributed by atoms with van der Waals surface area (Å²) in [5.74, 6) is 1.62. The summed E-state index contributed by atoms with van der Waals surface area (Å²) in [5.41, 5.74) is 5.46. The average Bonchev–Trinajstić information content (AvgIpc) is 3.09. The largest absolute Gasteiger partial charge is 0.494 e. The summed E-state index contributed by atoms with van der Waals surface area (Å²) in [4.78, 5) is 0. The van der Waals surface area contributed by atoms with Crippen LogP contribution in [0.3, 0.4) is 0 Å². The van der Waals surface area contributed by atoms with E-state index < -0.39 is 0 Å². The van der Waals surface area contributed by atoms with Crippen LogP contribution in [0.5, 0.6) is 5.75 Å². The lowest BCUT2D eigenvalue weighted by Crippen LogP contribution is -2.12. The number of rotatable bonds is 5. The monoisotopic (exact) mass is 262 g/mol. The second-order valence-electron chi connectivity index (χ2n) is 5.84. The van der Waals surface area contributed by atoms with Crippen molar-refractivity contribution in [1.82, 2.24) is 0 Å². The highest BCUT2D eigenvalue weighted by molar-refractivity contribution is 5.48. The van der Waals surface area contributed by atoms with Gasteiger partial charge in [-0.15, -0.1) is 0 Å². The maximum atomic E-state index is 5.71. The Morgan fingerprint density at radius 3 is 2.42 bits per heavy atom. The maximum Gasteiger partial charge on any atom is 0.122 e. The molecular formula is C17H26O2. The van der Waals surface area contributed by atoms with Gasteiger partial charge in [-0.2, -0.15) is 0 Å². The van der Waals surface area contributed by atoms with Crippen LogP contribution >= 0.6 is 0 Å². The third-order valence-electron chi connectivity index (χ3n) is 4.35. The highest BCUT2D eigenvalue weighted by Crippen LogP contribution is 2.34. The molecule has 2 nitrogen and oxygen atoms in total. The van der Waals surface area contributed by atoms with Gasteiger partial charge in [-0.3, -0.25) is 0 Å². The molecule has 1 aromatic rings. The first-order valence-electron chi connectivity index (χ1n) is 7.33. The summed E-state index contributed by atoms with van der Waals surface area (Å²) in [6, 6.07) is 2.19. The van der Waals surface area contributed by atoms with Crippen molar-refractivity contribution in [1.29, 1.82) is 0 Å². The fraction of sp³-hybridized carbons (Fsp3) is 0.647. The molecule has 0 spiro atoms. The normalized spacial score (nSPS) is 23.3. The van der Waals surface area contributed by atoms with Crippen molar-refractivity contribution in [2.75, 3.05) is 6.61 Å². The first kappa shape index (κ1) is 14.4. The standard InChI is InChI=1S/C17H26O2/c1-7-18-16-9-10(2)15(12(4)13(16)5)8-11(3)17-14(6)19-17/h9,11,14,17H,7-8H2,1-6H3. The summed E-state index contributed by atoms with van der Waals surface area (Å²) in [6.45, 7) is 13.8. The molecule has 1 aromatic carbocycles. The van der Waals surface area contributed by atoms with E-state index in [-0.39, 0.29) is 0 Å². The van der Waals surface area contributed by atoms with E-state index in [1.807, 2.05) is 6.92 Å². The van der Waals surface area contributed by atoms with E-state index >= 15 is 0 Å². The summed E-state index contributed by atoms with van der Waals surface area (Å²) in [7, 11) is 0. The van der Waals surface area contributed by atoms with E-state index in [0.29, 0.717) is 18.1 Å². The first-order valence-corrected chi connectivity index (χ1v) is 7.33. The molecule has 0 N–H and O–H groups in total. The fourth-order valence-electron chi connectivity index (χ4n) is 2.96. The van der Waals surface area contributed by atoms with E-state index in [2.05, 4.69) is 40.7 Å². The van der Waals surface area contributed by atoms with Gasteiger partial charge in [0.05, 0.1) is 18.8 Å². The van der Waals surface area contributed by atoms with Gasteiger partial charge in [0.25, 0.3) is 0 Å². The van der Waals surface area contributed by atoms with Crippen LogP contribution in [0, 0.1) is 26.7 Å². The Balaban J connectivity index is 2.23. The Labute approximate surface area is 117 Å². The van der Waals surface area contributed by atoms with Gasteiger partial charge in [-0.05, 0) is 75.3 Å². The Morgan fingerprint density at radius 2 is 1.89 bits per heavy atom. The molecule has 1 saturated heterocycles. The van der Waals surface area contributed by atoms with Crippen molar-refractivity contribution >= 4 is 0 Å². The molecule has 0 radical (unpaired) electrons. The van der Waals surface area contributed by atoms with Crippen LogP contribution in [-0.4, -0.2) is 18.8 Å². The number of benzene rings is 1. The van der Waals surface area contributed by atoms with Crippen LogP contribution in [0.25, 0.3) is 0 Å². The Kier molecular flexibility index (Phi) is 4.19. The molecule has 3 atom stereocenters. The lowest BCUT2D eigenvalue weighted by atomic mass is 9.89. The Hall–Kier alpha value is -1.02. The molecule has 2 heteroatoms. The van der Waals surface area contributed by atoms with Crippen molar-refractivity contribution in [3.05, 3.63) is 28.3 Å². The Morgan fingerprint density at radius 1 is 1.26 bits per heavy atom. The fourth-order valence-corrected chi connectivity index (χ4v) is 2.96. The van der Waals surface area contributed by atoms with Crippen molar-refractivity contribution in [3.8, 4) is 5.75 Å². The van der Waals surface area contributed by atoms with E-state index in [9.17, 15) is 0 Å². The second kappa shape index (κ2) is 5.54. The van der Waals surface area contributed by atoms with Gasteiger partial charge in [0.1, 0.15) is 5.75 Å². The van der Waals surface area contributed by atoms with Crippen molar-refractivity contribution in [3.63, 3.8) is 0 Å². The Bertz CT molecular complexity index is 465. The van der Waals surface area contributed by atoms with Gasteiger partial charge >= 0.3 is 0 Å². The topological polar surface area (TPSA) is 21.8 Å². The number of aryl methyl sites for hydroxylation is 1. The van der Waals surface area contributed by atoms with E-state index in [1.54, 1.807) is 0 Å².